The summed E-state index contributed by atoms with van der Waals surface area (Å²) < 4.78 is 54.5. The summed E-state index contributed by atoms with van der Waals surface area (Å²) in [5.74, 6) is -1.83. The number of halogens is 4. The summed E-state index contributed by atoms with van der Waals surface area (Å²) in [6, 6.07) is 4.60. The number of aromatic nitrogens is 1. The quantitative estimate of drug-likeness (QED) is 0.591. The van der Waals surface area contributed by atoms with Gasteiger partial charge in [0.25, 0.3) is 5.91 Å². The molecule has 10 heteroatoms. The monoisotopic (exact) mass is 475 g/mol. The molecule has 2 aliphatic rings. The lowest BCUT2D eigenvalue weighted by atomic mass is 9.95. The summed E-state index contributed by atoms with van der Waals surface area (Å²) in [6.45, 7) is 2.09. The Morgan fingerprint density at radius 3 is 2.59 bits per heavy atom. The van der Waals surface area contributed by atoms with Gasteiger partial charge < -0.3 is 16.0 Å². The van der Waals surface area contributed by atoms with E-state index in [-0.39, 0.29) is 53.6 Å². The fourth-order valence-corrected chi connectivity index (χ4v) is 4.61. The van der Waals surface area contributed by atoms with Crippen LogP contribution in [0.3, 0.4) is 0 Å². The van der Waals surface area contributed by atoms with Gasteiger partial charge in [-0.05, 0) is 49.8 Å². The molecule has 0 radical (unpaired) electrons. The molecule has 2 atom stereocenters. The van der Waals surface area contributed by atoms with E-state index in [2.05, 4.69) is 10.3 Å². The average molecular weight is 475 g/mol. The van der Waals surface area contributed by atoms with Crippen LogP contribution in [-0.4, -0.2) is 42.0 Å². The van der Waals surface area contributed by atoms with Crippen molar-refractivity contribution in [3.63, 3.8) is 0 Å². The molecule has 2 fully saturated rings. The van der Waals surface area contributed by atoms with Crippen molar-refractivity contribution < 1.29 is 22.4 Å². The van der Waals surface area contributed by atoms with E-state index in [4.69, 9.17) is 5.73 Å². The highest BCUT2D eigenvalue weighted by atomic mass is 19.3. The number of nitrogens with two attached hydrogens (primary N) is 1. The number of anilines is 1. The summed E-state index contributed by atoms with van der Waals surface area (Å²) in [7, 11) is 0. The Bertz CT molecular complexity index is 1130. The molecule has 2 heterocycles. The molecule has 6 nitrogen and oxygen atoms in total. The van der Waals surface area contributed by atoms with E-state index in [9.17, 15) is 27.6 Å². The van der Waals surface area contributed by atoms with Gasteiger partial charge in [-0.1, -0.05) is 0 Å². The zero-order valence-electron chi connectivity index (χ0n) is 18.6. The van der Waals surface area contributed by atoms with Crippen LogP contribution in [0.25, 0.3) is 11.1 Å². The predicted molar refractivity (Wildman–Crippen MR) is 118 cm³/mol. The van der Waals surface area contributed by atoms with E-state index in [0.717, 1.165) is 25.0 Å². The molecule has 3 N–H and O–H groups in total. The van der Waals surface area contributed by atoms with Gasteiger partial charge in [-0.3, -0.25) is 4.79 Å². The van der Waals surface area contributed by atoms with Crippen molar-refractivity contribution in [1.82, 2.24) is 10.3 Å². The van der Waals surface area contributed by atoms with Crippen LogP contribution >= 0.6 is 0 Å². The van der Waals surface area contributed by atoms with E-state index in [1.807, 2.05) is 13.0 Å². The first-order valence-electron chi connectivity index (χ1n) is 11.1. The molecule has 1 aliphatic carbocycles. The third-order valence-electron chi connectivity index (χ3n) is 6.50. The van der Waals surface area contributed by atoms with Crippen molar-refractivity contribution in [3.8, 4) is 17.2 Å². The highest BCUT2D eigenvalue weighted by Gasteiger charge is 2.40. The Balaban J connectivity index is 1.85. The number of nitrogens with zero attached hydrogens (tertiary/aromatic N) is 3. The zero-order chi connectivity index (χ0) is 24.6. The van der Waals surface area contributed by atoms with Crippen LogP contribution in [0, 0.1) is 28.9 Å². The molecule has 1 aromatic carbocycles. The largest absolute Gasteiger partial charge is 0.368 e. The van der Waals surface area contributed by atoms with Gasteiger partial charge >= 0.3 is 0 Å². The molecule has 2 aromatic rings. The first-order valence-corrected chi connectivity index (χ1v) is 11.1. The van der Waals surface area contributed by atoms with Gasteiger partial charge in [0.05, 0.1) is 11.3 Å². The summed E-state index contributed by atoms with van der Waals surface area (Å²) in [5.41, 5.74) is 5.24. The molecule has 1 saturated carbocycles. The molecular formula is C24H25F4N5O. The second kappa shape index (κ2) is 9.22. The Hall–Kier alpha value is -3.19. The standard InChI is InChI=1S/C24H25F4N5O/c1-13(14-2-3-14)32-23(34)18-11-31-19(10-29)21(15-6-16(25)8-17(26)7-15)22(18)33-5-4-24(30,12-33)9-20(27)28/h6-8,11,13-14,20H,2-5,9,12,30H2,1H3,(H,32,34)/t13?,24-/m1/s1. The number of amides is 1. The van der Waals surface area contributed by atoms with E-state index >= 15 is 0 Å². The van der Waals surface area contributed by atoms with Crippen LogP contribution in [0.5, 0.6) is 0 Å². The van der Waals surface area contributed by atoms with E-state index in [1.165, 1.54) is 6.20 Å². The summed E-state index contributed by atoms with van der Waals surface area (Å²) in [6.07, 6.45) is 0.316. The van der Waals surface area contributed by atoms with E-state index in [0.29, 0.717) is 12.0 Å². The Morgan fingerprint density at radius 2 is 2.00 bits per heavy atom. The van der Waals surface area contributed by atoms with Crippen molar-refractivity contribution in [2.45, 2.75) is 50.6 Å². The fourth-order valence-electron chi connectivity index (χ4n) is 4.61. The molecule has 1 unspecified atom stereocenters. The highest BCUT2D eigenvalue weighted by Crippen LogP contribution is 2.41. The second-order valence-corrected chi connectivity index (χ2v) is 9.24. The SMILES string of the molecule is CC(NC(=O)c1cnc(C#N)c(-c2cc(F)cc(F)c2)c1N1CC[C@@](N)(CC(F)F)C1)C1CC1. The summed E-state index contributed by atoms with van der Waals surface area (Å²) in [5, 5.41) is 12.6. The predicted octanol–water partition coefficient (Wildman–Crippen LogP) is 3.99. The molecule has 0 spiro atoms. The van der Waals surface area contributed by atoms with Crippen LogP contribution in [0.1, 0.15) is 48.7 Å². The number of hydrogen-bond donors (Lipinski definition) is 2. The summed E-state index contributed by atoms with van der Waals surface area (Å²) >= 11 is 0. The molecule has 1 amide bonds. The van der Waals surface area contributed by atoms with Crippen molar-refractivity contribution in [3.05, 3.63) is 47.3 Å². The maximum Gasteiger partial charge on any atom is 0.255 e. The fraction of sp³-hybridized carbons (Fsp3) is 0.458. The number of rotatable bonds is 7. The van der Waals surface area contributed by atoms with E-state index in [1.54, 1.807) is 4.90 Å². The average Bonchev–Trinajstić information content (AvgIpc) is 3.54. The molecule has 0 bridgehead atoms. The first kappa shape index (κ1) is 24.0. The molecule has 34 heavy (non-hydrogen) atoms. The zero-order valence-corrected chi connectivity index (χ0v) is 18.6. The summed E-state index contributed by atoms with van der Waals surface area (Å²) in [4.78, 5) is 19.0. The lowest BCUT2D eigenvalue weighted by Crippen LogP contribution is -2.44. The molecule has 1 aromatic heterocycles. The number of alkyl halides is 2. The topological polar surface area (TPSA) is 95.0 Å². The minimum atomic E-state index is -2.61. The number of nitrogens with one attached hydrogen (secondary N) is 1. The number of carbonyl (C=O) groups is 1. The third-order valence-corrected chi connectivity index (χ3v) is 6.50. The number of benzene rings is 1. The number of hydrogen-bond acceptors (Lipinski definition) is 5. The lowest BCUT2D eigenvalue weighted by molar-refractivity contribution is 0.0935. The number of pyridine rings is 1. The lowest BCUT2D eigenvalue weighted by Gasteiger charge is -2.28. The van der Waals surface area contributed by atoms with Gasteiger partial charge in [-0.2, -0.15) is 5.26 Å². The minimum absolute atomic E-state index is 0.0184. The minimum Gasteiger partial charge on any atom is -0.368 e. The molecule has 1 saturated heterocycles. The van der Waals surface area contributed by atoms with Crippen molar-refractivity contribution in [2.75, 3.05) is 18.0 Å². The highest BCUT2D eigenvalue weighted by molar-refractivity contribution is 6.04. The molecular weight excluding hydrogens is 450 g/mol. The van der Waals surface area contributed by atoms with E-state index < -0.39 is 35.9 Å². The molecule has 1 aliphatic heterocycles. The third kappa shape index (κ3) is 4.99. The van der Waals surface area contributed by atoms with Gasteiger partial charge in [0.1, 0.15) is 23.4 Å². The molecule has 180 valence electrons. The smallest absolute Gasteiger partial charge is 0.255 e. The van der Waals surface area contributed by atoms with Crippen molar-refractivity contribution in [1.29, 1.82) is 5.26 Å². The van der Waals surface area contributed by atoms with Gasteiger partial charge in [0, 0.05) is 48.9 Å². The van der Waals surface area contributed by atoms with Crippen LogP contribution in [-0.2, 0) is 0 Å². The number of nitriles is 1. The van der Waals surface area contributed by atoms with Gasteiger partial charge in [-0.15, -0.1) is 0 Å². The molecule has 4 rings (SSSR count). The normalized spacial score (nSPS) is 20.9. The van der Waals surface area contributed by atoms with Gasteiger partial charge in [-0.25, -0.2) is 22.5 Å². The van der Waals surface area contributed by atoms with Crippen molar-refractivity contribution in [2.24, 2.45) is 11.7 Å². The second-order valence-electron chi connectivity index (χ2n) is 9.24. The van der Waals surface area contributed by atoms with Gasteiger partial charge in [0.15, 0.2) is 0 Å². The maximum absolute atomic E-state index is 14.1. The number of carbonyl (C=O) groups excluding carboxylic acids is 1. The maximum atomic E-state index is 14.1. The van der Waals surface area contributed by atoms with Crippen LogP contribution < -0.4 is 16.0 Å². The van der Waals surface area contributed by atoms with Crippen LogP contribution in [0.2, 0.25) is 0 Å². The Labute approximate surface area is 194 Å². The Morgan fingerprint density at radius 1 is 1.32 bits per heavy atom. The van der Waals surface area contributed by atoms with Gasteiger partial charge in [0.2, 0.25) is 6.43 Å². The Kier molecular flexibility index (Phi) is 6.49. The van der Waals surface area contributed by atoms with Crippen LogP contribution in [0.15, 0.2) is 24.4 Å². The van der Waals surface area contributed by atoms with Crippen LogP contribution in [0.4, 0.5) is 23.2 Å². The van der Waals surface area contributed by atoms with Crippen molar-refractivity contribution >= 4 is 11.6 Å². The first-order chi connectivity index (χ1) is 16.1.